The van der Waals surface area contributed by atoms with Gasteiger partial charge in [-0.2, -0.15) is 0 Å². The largest absolute Gasteiger partial charge is 0.378 e. The molecule has 26 heavy (non-hydrogen) atoms. The zero-order chi connectivity index (χ0) is 18.8. The van der Waals surface area contributed by atoms with Crippen molar-refractivity contribution >= 4 is 40.1 Å². The molecule has 0 spiro atoms. The van der Waals surface area contributed by atoms with Crippen molar-refractivity contribution < 1.29 is 0 Å². The van der Waals surface area contributed by atoms with Crippen LogP contribution in [-0.4, -0.2) is 22.1 Å². The molecule has 1 heterocycles. The van der Waals surface area contributed by atoms with E-state index in [1.807, 2.05) is 31.4 Å². The molecule has 0 aliphatic heterocycles. The van der Waals surface area contributed by atoms with Crippen molar-refractivity contribution in [1.29, 1.82) is 0 Å². The Balaban J connectivity index is 2.14. The number of aryl methyl sites for hydroxylation is 1. The lowest BCUT2D eigenvalue weighted by molar-refractivity contribution is 0.724. The molecule has 0 saturated carbocycles. The van der Waals surface area contributed by atoms with Crippen LogP contribution >= 0.6 is 23.5 Å². The molecule has 3 rings (SSSR count). The Morgan fingerprint density at radius 3 is 2.58 bits per heavy atom. The fourth-order valence-electron chi connectivity index (χ4n) is 3.12. The van der Waals surface area contributed by atoms with Crippen LogP contribution in [0.5, 0.6) is 0 Å². The van der Waals surface area contributed by atoms with E-state index in [2.05, 4.69) is 36.7 Å². The molecule has 1 N–H and O–H groups in total. The quantitative estimate of drug-likeness (QED) is 0.502. The van der Waals surface area contributed by atoms with Gasteiger partial charge in [0.1, 0.15) is 0 Å². The van der Waals surface area contributed by atoms with E-state index in [9.17, 15) is 4.79 Å². The zero-order valence-corrected chi connectivity index (χ0v) is 17.3. The van der Waals surface area contributed by atoms with Gasteiger partial charge in [-0.15, -0.1) is 11.8 Å². The molecule has 0 radical (unpaired) electrons. The van der Waals surface area contributed by atoms with Crippen LogP contribution in [-0.2, 0) is 7.05 Å². The summed E-state index contributed by atoms with van der Waals surface area (Å²) in [6.45, 7) is 4.14. The second-order valence-corrected chi connectivity index (χ2v) is 7.90. The first-order valence-corrected chi connectivity index (χ1v) is 10.9. The predicted molar refractivity (Wildman–Crippen MR) is 114 cm³/mol. The van der Waals surface area contributed by atoms with Gasteiger partial charge in [0.15, 0.2) is 5.16 Å². The van der Waals surface area contributed by atoms with E-state index in [4.69, 9.17) is 4.98 Å². The van der Waals surface area contributed by atoms with Gasteiger partial charge >= 0.3 is 0 Å². The lowest BCUT2D eigenvalue weighted by atomic mass is 10.0. The van der Waals surface area contributed by atoms with E-state index in [0.29, 0.717) is 5.39 Å². The molecule has 0 aliphatic carbocycles. The Bertz CT molecular complexity index is 1010. The fourth-order valence-corrected chi connectivity index (χ4v) is 4.22. The Kier molecular flexibility index (Phi) is 5.63. The molecule has 2 aromatic carbocycles. The number of anilines is 1. The monoisotopic (exact) mass is 385 g/mol. The maximum absolute atomic E-state index is 12.8. The molecule has 0 amide bonds. The lowest BCUT2D eigenvalue weighted by Crippen LogP contribution is -2.21. The number of aromatic nitrogens is 2. The van der Waals surface area contributed by atoms with E-state index in [-0.39, 0.29) is 11.6 Å². The average molecular weight is 386 g/mol. The van der Waals surface area contributed by atoms with Crippen LogP contribution in [0, 0.1) is 6.92 Å². The highest BCUT2D eigenvalue weighted by atomic mass is 32.2. The smallest absolute Gasteiger partial charge is 0.261 e. The summed E-state index contributed by atoms with van der Waals surface area (Å²) in [5.41, 5.74) is 3.99. The summed E-state index contributed by atoms with van der Waals surface area (Å²) >= 11 is 3.20. The summed E-state index contributed by atoms with van der Waals surface area (Å²) in [4.78, 5) is 18.8. The highest BCUT2D eigenvalue weighted by Crippen LogP contribution is 2.31. The summed E-state index contributed by atoms with van der Waals surface area (Å²) < 4.78 is 1.62. The van der Waals surface area contributed by atoms with Crippen molar-refractivity contribution in [3.63, 3.8) is 0 Å². The maximum atomic E-state index is 12.8. The molecular formula is C20H23N3OS2. The SMILES string of the molecule is CSc1ccccc1NC(C)c1cc(C)cc2c(=O)n(C)c(SC)nc12. The molecule has 0 bridgehead atoms. The number of nitrogens with zero attached hydrogens (tertiary/aromatic N) is 2. The van der Waals surface area contributed by atoms with Gasteiger partial charge in [0, 0.05) is 23.2 Å². The van der Waals surface area contributed by atoms with Crippen molar-refractivity contribution in [1.82, 2.24) is 9.55 Å². The van der Waals surface area contributed by atoms with Crippen LogP contribution in [0.3, 0.4) is 0 Å². The van der Waals surface area contributed by atoms with E-state index < -0.39 is 0 Å². The van der Waals surface area contributed by atoms with Gasteiger partial charge in [0.05, 0.1) is 16.9 Å². The van der Waals surface area contributed by atoms with Gasteiger partial charge in [-0.1, -0.05) is 30.0 Å². The number of rotatable bonds is 5. The Hall–Kier alpha value is -1.92. The third-order valence-corrected chi connectivity index (χ3v) is 5.97. The van der Waals surface area contributed by atoms with Crippen LogP contribution in [0.2, 0.25) is 0 Å². The Morgan fingerprint density at radius 1 is 1.15 bits per heavy atom. The molecular weight excluding hydrogens is 362 g/mol. The summed E-state index contributed by atoms with van der Waals surface area (Å²) in [6, 6.07) is 12.3. The minimum atomic E-state index is 0.000939. The zero-order valence-electron chi connectivity index (χ0n) is 15.7. The number of thioether (sulfide) groups is 2. The highest BCUT2D eigenvalue weighted by Gasteiger charge is 2.17. The van der Waals surface area contributed by atoms with Crippen molar-refractivity contribution in [2.24, 2.45) is 7.05 Å². The molecule has 0 saturated heterocycles. The molecule has 1 aromatic heterocycles. The first kappa shape index (κ1) is 18.9. The molecule has 6 heteroatoms. The second-order valence-electron chi connectivity index (χ2n) is 6.28. The topological polar surface area (TPSA) is 46.9 Å². The summed E-state index contributed by atoms with van der Waals surface area (Å²) in [5, 5.41) is 4.99. The maximum Gasteiger partial charge on any atom is 0.261 e. The highest BCUT2D eigenvalue weighted by molar-refractivity contribution is 7.98. The summed E-state index contributed by atoms with van der Waals surface area (Å²) in [5.74, 6) is 0. The van der Waals surface area contributed by atoms with Gasteiger partial charge in [-0.05, 0) is 50.1 Å². The van der Waals surface area contributed by atoms with E-state index in [1.54, 1.807) is 23.4 Å². The minimum absolute atomic E-state index is 0.000939. The summed E-state index contributed by atoms with van der Waals surface area (Å²) in [7, 11) is 1.78. The van der Waals surface area contributed by atoms with Gasteiger partial charge in [-0.25, -0.2) is 4.98 Å². The molecule has 0 fully saturated rings. The van der Waals surface area contributed by atoms with E-state index in [0.717, 1.165) is 27.5 Å². The van der Waals surface area contributed by atoms with E-state index >= 15 is 0 Å². The lowest BCUT2D eigenvalue weighted by Gasteiger charge is -2.20. The first-order chi connectivity index (χ1) is 12.5. The van der Waals surface area contributed by atoms with Crippen LogP contribution in [0.15, 0.2) is 51.2 Å². The molecule has 4 nitrogen and oxygen atoms in total. The predicted octanol–water partition coefficient (Wildman–Crippen LogP) is 4.86. The van der Waals surface area contributed by atoms with Crippen LogP contribution in [0.4, 0.5) is 5.69 Å². The third kappa shape index (κ3) is 3.48. The van der Waals surface area contributed by atoms with Crippen LogP contribution < -0.4 is 10.9 Å². The number of fused-ring (bicyclic) bond motifs is 1. The fraction of sp³-hybridized carbons (Fsp3) is 0.300. The molecule has 3 aromatic rings. The number of hydrogen-bond donors (Lipinski definition) is 1. The normalized spacial score (nSPS) is 12.3. The third-order valence-electron chi connectivity index (χ3n) is 4.44. The average Bonchev–Trinajstić information content (AvgIpc) is 2.64. The van der Waals surface area contributed by atoms with Crippen molar-refractivity contribution in [2.75, 3.05) is 17.8 Å². The number of para-hydroxylation sites is 1. The Labute approximate surface area is 162 Å². The molecule has 136 valence electrons. The molecule has 1 atom stereocenters. The Morgan fingerprint density at radius 2 is 1.88 bits per heavy atom. The van der Waals surface area contributed by atoms with Gasteiger partial charge in [-0.3, -0.25) is 9.36 Å². The number of benzene rings is 2. The van der Waals surface area contributed by atoms with E-state index in [1.165, 1.54) is 16.7 Å². The van der Waals surface area contributed by atoms with Crippen LogP contribution in [0.1, 0.15) is 24.1 Å². The second kappa shape index (κ2) is 7.76. The number of nitrogens with one attached hydrogen (secondary N) is 1. The minimum Gasteiger partial charge on any atom is -0.378 e. The standard InChI is InChI=1S/C20H23N3OS2/c1-12-10-14(13(2)21-16-8-6-7-9-17(16)25-4)18-15(11-12)19(24)23(3)20(22-18)26-5/h6-11,13,21H,1-5H3. The van der Waals surface area contributed by atoms with Crippen molar-refractivity contribution in [3.8, 4) is 0 Å². The number of hydrogen-bond acceptors (Lipinski definition) is 5. The molecule has 0 aliphatic rings. The van der Waals surface area contributed by atoms with Crippen molar-refractivity contribution in [2.45, 2.75) is 29.9 Å². The van der Waals surface area contributed by atoms with Crippen LogP contribution in [0.25, 0.3) is 10.9 Å². The van der Waals surface area contributed by atoms with Crippen molar-refractivity contribution in [3.05, 3.63) is 57.9 Å². The summed E-state index contributed by atoms with van der Waals surface area (Å²) in [6.07, 6.45) is 4.02. The molecule has 1 unspecified atom stereocenters. The van der Waals surface area contributed by atoms with Gasteiger partial charge in [0.25, 0.3) is 5.56 Å². The van der Waals surface area contributed by atoms with Gasteiger partial charge < -0.3 is 5.32 Å². The first-order valence-electron chi connectivity index (χ1n) is 8.41. The van der Waals surface area contributed by atoms with Gasteiger partial charge in [0.2, 0.25) is 0 Å².